The highest BCUT2D eigenvalue weighted by Gasteiger charge is 2.42. The molecule has 0 aromatic rings. The standard InChI is InChI=1S/C18H28N3O/c1-4-9-16-18-17(22-14-20-11-6-5-7-12-20)10-8-13-21(18,3)15(2)19-16/h8,10,13H,4-7,9,11-12,14H2,1-3H3/q+1. The Morgan fingerprint density at radius 1 is 1.27 bits per heavy atom. The first kappa shape index (κ1) is 15.5. The Hall–Kier alpha value is -1.39. The first-order valence-corrected chi connectivity index (χ1v) is 8.56. The second-order valence-electron chi connectivity index (χ2n) is 6.60. The first-order valence-electron chi connectivity index (χ1n) is 8.56. The number of likely N-dealkylation sites (tertiary alicyclic amines) is 1. The molecule has 3 aliphatic heterocycles. The van der Waals surface area contributed by atoms with Crippen molar-refractivity contribution in [1.29, 1.82) is 0 Å². The molecule has 1 unspecified atom stereocenters. The van der Waals surface area contributed by atoms with Gasteiger partial charge in [0.25, 0.3) is 0 Å². The number of amidine groups is 1. The van der Waals surface area contributed by atoms with Crippen LogP contribution in [0.2, 0.25) is 0 Å². The molecule has 0 aromatic carbocycles. The summed E-state index contributed by atoms with van der Waals surface area (Å²) in [5.41, 5.74) is 2.43. The van der Waals surface area contributed by atoms with Crippen LogP contribution in [0.15, 0.2) is 40.5 Å². The van der Waals surface area contributed by atoms with Crippen molar-refractivity contribution in [2.45, 2.75) is 46.0 Å². The van der Waals surface area contributed by atoms with Crippen LogP contribution in [0.4, 0.5) is 0 Å². The molecule has 4 nitrogen and oxygen atoms in total. The van der Waals surface area contributed by atoms with Crippen LogP contribution in [0, 0.1) is 0 Å². The Morgan fingerprint density at radius 3 is 2.77 bits per heavy atom. The van der Waals surface area contributed by atoms with Gasteiger partial charge in [0.05, 0.1) is 7.05 Å². The number of hydrogen-bond acceptors (Lipinski definition) is 3. The van der Waals surface area contributed by atoms with Crippen molar-refractivity contribution in [2.24, 2.45) is 4.99 Å². The minimum atomic E-state index is 0.668. The Kier molecular flexibility index (Phi) is 4.50. The molecule has 0 amide bonds. The van der Waals surface area contributed by atoms with Gasteiger partial charge in [0.15, 0.2) is 5.76 Å². The van der Waals surface area contributed by atoms with E-state index in [1.807, 2.05) is 0 Å². The molecule has 3 heterocycles. The topological polar surface area (TPSA) is 24.8 Å². The molecule has 3 aliphatic rings. The summed E-state index contributed by atoms with van der Waals surface area (Å²) in [4.78, 5) is 7.23. The van der Waals surface area contributed by atoms with Gasteiger partial charge in [-0.1, -0.05) is 19.8 Å². The van der Waals surface area contributed by atoms with Crippen LogP contribution in [0.5, 0.6) is 0 Å². The van der Waals surface area contributed by atoms with Crippen molar-refractivity contribution >= 4 is 5.84 Å². The number of hydrogen-bond donors (Lipinski definition) is 0. The summed E-state index contributed by atoms with van der Waals surface area (Å²) in [6.07, 6.45) is 12.5. The second-order valence-corrected chi connectivity index (χ2v) is 6.60. The summed E-state index contributed by atoms with van der Waals surface area (Å²) in [5, 5.41) is 0. The van der Waals surface area contributed by atoms with Gasteiger partial charge in [0.2, 0.25) is 11.5 Å². The highest BCUT2D eigenvalue weighted by molar-refractivity contribution is 5.79. The van der Waals surface area contributed by atoms with E-state index in [1.165, 1.54) is 30.7 Å². The molecule has 120 valence electrons. The highest BCUT2D eigenvalue weighted by atomic mass is 16.5. The second kappa shape index (κ2) is 6.39. The summed E-state index contributed by atoms with van der Waals surface area (Å²) in [7, 11) is 2.20. The molecule has 1 atom stereocenters. The fourth-order valence-corrected chi connectivity index (χ4v) is 3.49. The molecule has 0 radical (unpaired) electrons. The molecular formula is C18H28N3O+. The lowest BCUT2D eigenvalue weighted by molar-refractivity contribution is -0.720. The number of allylic oxidation sites excluding steroid dienone is 3. The van der Waals surface area contributed by atoms with Gasteiger partial charge in [-0.3, -0.25) is 4.90 Å². The zero-order chi connectivity index (χ0) is 15.6. The van der Waals surface area contributed by atoms with Crippen LogP contribution < -0.4 is 0 Å². The fourth-order valence-electron chi connectivity index (χ4n) is 3.49. The third kappa shape index (κ3) is 2.77. The third-order valence-corrected chi connectivity index (χ3v) is 4.91. The van der Waals surface area contributed by atoms with Gasteiger partial charge in [-0.05, 0) is 31.4 Å². The summed E-state index contributed by atoms with van der Waals surface area (Å²) in [6, 6.07) is 0. The predicted octanol–water partition coefficient (Wildman–Crippen LogP) is 3.75. The van der Waals surface area contributed by atoms with Crippen LogP contribution in [-0.4, -0.2) is 42.1 Å². The van der Waals surface area contributed by atoms with Crippen molar-refractivity contribution in [3.05, 3.63) is 35.5 Å². The van der Waals surface area contributed by atoms with E-state index in [4.69, 9.17) is 9.73 Å². The molecule has 1 fully saturated rings. The molecule has 4 heteroatoms. The van der Waals surface area contributed by atoms with E-state index in [0.29, 0.717) is 11.2 Å². The van der Waals surface area contributed by atoms with Gasteiger partial charge in [-0.15, -0.1) is 0 Å². The fraction of sp³-hybridized carbons (Fsp3) is 0.611. The quantitative estimate of drug-likeness (QED) is 0.723. The van der Waals surface area contributed by atoms with Crippen molar-refractivity contribution < 1.29 is 9.22 Å². The number of likely N-dealkylation sites (N-methyl/N-ethyl adjacent to an activating group) is 1. The van der Waals surface area contributed by atoms with E-state index < -0.39 is 0 Å². The van der Waals surface area contributed by atoms with Crippen molar-refractivity contribution in [3.63, 3.8) is 0 Å². The molecule has 0 aliphatic carbocycles. The summed E-state index contributed by atoms with van der Waals surface area (Å²) in [5.74, 6) is 2.13. The smallest absolute Gasteiger partial charge is 0.209 e. The Morgan fingerprint density at radius 2 is 2.05 bits per heavy atom. The normalized spacial score (nSPS) is 28.5. The zero-order valence-electron chi connectivity index (χ0n) is 14.1. The Balaban J connectivity index is 1.77. The maximum absolute atomic E-state index is 6.22. The summed E-state index contributed by atoms with van der Waals surface area (Å²) in [6.45, 7) is 7.33. The van der Waals surface area contributed by atoms with E-state index in [0.717, 1.165) is 37.5 Å². The minimum absolute atomic E-state index is 0.668. The maximum atomic E-state index is 6.22. The number of rotatable bonds is 5. The van der Waals surface area contributed by atoms with Crippen molar-refractivity contribution in [3.8, 4) is 0 Å². The maximum Gasteiger partial charge on any atom is 0.209 e. The van der Waals surface area contributed by atoms with E-state index in [2.05, 4.69) is 44.1 Å². The molecule has 1 saturated heterocycles. The molecule has 0 aromatic heterocycles. The van der Waals surface area contributed by atoms with Gasteiger partial charge >= 0.3 is 0 Å². The number of ether oxygens (including phenoxy) is 1. The highest BCUT2D eigenvalue weighted by Crippen LogP contribution is 2.38. The molecule has 0 N–H and O–H groups in total. The molecular weight excluding hydrogens is 274 g/mol. The molecule has 0 bridgehead atoms. The van der Waals surface area contributed by atoms with Gasteiger partial charge < -0.3 is 4.74 Å². The van der Waals surface area contributed by atoms with E-state index in [1.54, 1.807) is 0 Å². The van der Waals surface area contributed by atoms with Crippen LogP contribution in [0.25, 0.3) is 0 Å². The van der Waals surface area contributed by atoms with E-state index in [9.17, 15) is 0 Å². The molecule has 3 rings (SSSR count). The average molecular weight is 302 g/mol. The number of quaternary nitrogens is 1. The Bertz CT molecular complexity index is 553. The van der Waals surface area contributed by atoms with Crippen molar-refractivity contribution in [1.82, 2.24) is 4.90 Å². The van der Waals surface area contributed by atoms with Crippen LogP contribution in [-0.2, 0) is 4.74 Å². The van der Waals surface area contributed by atoms with Crippen LogP contribution in [0.3, 0.4) is 0 Å². The third-order valence-electron chi connectivity index (χ3n) is 4.91. The number of piperidine rings is 1. The van der Waals surface area contributed by atoms with Crippen molar-refractivity contribution in [2.75, 3.05) is 26.9 Å². The SMILES string of the molecule is CCCC1=C2C(OCN3CCCCC3)=CC=C[N+]2(C)C(C)=N1. The monoisotopic (exact) mass is 302 g/mol. The Labute approximate surface area is 134 Å². The lowest BCUT2D eigenvalue weighted by Crippen LogP contribution is -2.42. The lowest BCUT2D eigenvalue weighted by Gasteiger charge is -2.32. The van der Waals surface area contributed by atoms with Gasteiger partial charge in [-0.2, -0.15) is 4.99 Å². The van der Waals surface area contributed by atoms with Gasteiger partial charge in [0.1, 0.15) is 18.6 Å². The predicted molar refractivity (Wildman–Crippen MR) is 89.8 cm³/mol. The van der Waals surface area contributed by atoms with Crippen LogP contribution in [0.1, 0.15) is 46.0 Å². The average Bonchev–Trinajstić information content (AvgIpc) is 2.78. The minimum Gasteiger partial charge on any atom is -0.472 e. The van der Waals surface area contributed by atoms with Gasteiger partial charge in [-0.25, -0.2) is 4.48 Å². The number of nitrogens with zero attached hydrogens (tertiary/aromatic N) is 3. The van der Waals surface area contributed by atoms with Gasteiger partial charge in [0, 0.05) is 20.0 Å². The number of aliphatic imine (C=N–C) groups is 1. The lowest BCUT2D eigenvalue weighted by atomic mass is 10.1. The molecule has 22 heavy (non-hydrogen) atoms. The largest absolute Gasteiger partial charge is 0.472 e. The number of fused-ring (bicyclic) bond motifs is 1. The van der Waals surface area contributed by atoms with E-state index >= 15 is 0 Å². The van der Waals surface area contributed by atoms with Crippen LogP contribution >= 0.6 is 0 Å². The summed E-state index contributed by atoms with van der Waals surface area (Å²) >= 11 is 0. The zero-order valence-corrected chi connectivity index (χ0v) is 14.1. The van der Waals surface area contributed by atoms with E-state index in [-0.39, 0.29) is 0 Å². The first-order chi connectivity index (χ1) is 10.6. The molecule has 0 spiro atoms. The summed E-state index contributed by atoms with van der Waals surface area (Å²) < 4.78 is 6.88. The molecule has 0 saturated carbocycles.